The SMILES string of the molecule is CCNCc1cnc(C)cc1OCC(C)(C)N(C)C. The fourth-order valence-corrected chi connectivity index (χ4v) is 1.47. The van der Waals surface area contributed by atoms with Crippen LogP contribution in [0, 0.1) is 6.92 Å². The van der Waals surface area contributed by atoms with Gasteiger partial charge in [-0.3, -0.25) is 4.98 Å². The first-order valence-electron chi connectivity index (χ1n) is 6.83. The summed E-state index contributed by atoms with van der Waals surface area (Å²) in [6.45, 7) is 10.8. The van der Waals surface area contributed by atoms with Gasteiger partial charge in [-0.05, 0) is 41.4 Å². The van der Waals surface area contributed by atoms with Gasteiger partial charge in [-0.15, -0.1) is 0 Å². The maximum atomic E-state index is 6.02. The van der Waals surface area contributed by atoms with E-state index in [1.54, 1.807) is 0 Å². The van der Waals surface area contributed by atoms with E-state index in [1.165, 1.54) is 0 Å². The fraction of sp³-hybridized carbons (Fsp3) is 0.667. The van der Waals surface area contributed by atoms with Crippen LogP contribution in [0.2, 0.25) is 0 Å². The summed E-state index contributed by atoms with van der Waals surface area (Å²) in [6.07, 6.45) is 1.90. The lowest BCUT2D eigenvalue weighted by Crippen LogP contribution is -2.43. The largest absolute Gasteiger partial charge is 0.491 e. The standard InChI is InChI=1S/C15H27N3O/c1-7-16-9-13-10-17-12(2)8-14(13)19-11-15(3,4)18(5)6/h8,10,16H,7,9,11H2,1-6H3. The van der Waals surface area contributed by atoms with Gasteiger partial charge >= 0.3 is 0 Å². The molecule has 4 heteroatoms. The van der Waals surface area contributed by atoms with Crippen molar-refractivity contribution in [1.82, 2.24) is 15.2 Å². The van der Waals surface area contributed by atoms with Gasteiger partial charge in [0.25, 0.3) is 0 Å². The molecule has 0 amide bonds. The number of nitrogens with zero attached hydrogens (tertiary/aromatic N) is 2. The molecular weight excluding hydrogens is 238 g/mol. The molecule has 1 aromatic rings. The van der Waals surface area contributed by atoms with Crippen molar-refractivity contribution in [2.75, 3.05) is 27.2 Å². The molecular formula is C15H27N3O. The van der Waals surface area contributed by atoms with Crippen molar-refractivity contribution in [2.24, 2.45) is 0 Å². The van der Waals surface area contributed by atoms with E-state index in [1.807, 2.05) is 19.2 Å². The highest BCUT2D eigenvalue weighted by Gasteiger charge is 2.21. The van der Waals surface area contributed by atoms with Crippen molar-refractivity contribution in [3.8, 4) is 5.75 Å². The first kappa shape index (κ1) is 15.9. The summed E-state index contributed by atoms with van der Waals surface area (Å²) in [4.78, 5) is 6.51. The molecule has 0 saturated carbocycles. The second-order valence-corrected chi connectivity index (χ2v) is 5.71. The summed E-state index contributed by atoms with van der Waals surface area (Å²) in [5.41, 5.74) is 2.10. The van der Waals surface area contributed by atoms with Gasteiger partial charge in [0, 0.05) is 35.6 Å². The number of aryl methyl sites for hydroxylation is 1. The summed E-state index contributed by atoms with van der Waals surface area (Å²) >= 11 is 0. The van der Waals surface area contributed by atoms with Crippen LogP contribution in [0.3, 0.4) is 0 Å². The van der Waals surface area contributed by atoms with E-state index in [4.69, 9.17) is 4.74 Å². The zero-order chi connectivity index (χ0) is 14.5. The molecule has 0 spiro atoms. The fourth-order valence-electron chi connectivity index (χ4n) is 1.47. The average Bonchev–Trinajstić information content (AvgIpc) is 2.35. The van der Waals surface area contributed by atoms with Crippen LogP contribution in [0.25, 0.3) is 0 Å². The van der Waals surface area contributed by atoms with Crippen LogP contribution >= 0.6 is 0 Å². The molecule has 1 rings (SSSR count). The van der Waals surface area contributed by atoms with Gasteiger partial charge in [-0.25, -0.2) is 0 Å². The van der Waals surface area contributed by atoms with Gasteiger partial charge in [0.2, 0.25) is 0 Å². The molecule has 0 aromatic carbocycles. The van der Waals surface area contributed by atoms with E-state index in [2.05, 4.69) is 50.1 Å². The van der Waals surface area contributed by atoms with Gasteiger partial charge in [-0.1, -0.05) is 6.92 Å². The predicted molar refractivity (Wildman–Crippen MR) is 79.6 cm³/mol. The Morgan fingerprint density at radius 1 is 1.37 bits per heavy atom. The van der Waals surface area contributed by atoms with Crippen LogP contribution in [-0.2, 0) is 6.54 Å². The molecule has 1 heterocycles. The number of aromatic nitrogens is 1. The summed E-state index contributed by atoms with van der Waals surface area (Å²) in [5.74, 6) is 0.934. The minimum atomic E-state index is 0.00658. The van der Waals surface area contributed by atoms with Gasteiger partial charge in [0.1, 0.15) is 12.4 Å². The van der Waals surface area contributed by atoms with Crippen LogP contribution in [0.4, 0.5) is 0 Å². The minimum Gasteiger partial charge on any atom is -0.491 e. The highest BCUT2D eigenvalue weighted by atomic mass is 16.5. The maximum absolute atomic E-state index is 6.02. The van der Waals surface area contributed by atoms with E-state index >= 15 is 0 Å². The van der Waals surface area contributed by atoms with Crippen LogP contribution in [0.1, 0.15) is 32.0 Å². The quantitative estimate of drug-likeness (QED) is 0.820. The van der Waals surface area contributed by atoms with Crippen molar-refractivity contribution >= 4 is 0 Å². The number of likely N-dealkylation sites (N-methyl/N-ethyl adjacent to an activating group) is 1. The Balaban J connectivity index is 2.78. The van der Waals surface area contributed by atoms with E-state index in [9.17, 15) is 0 Å². The first-order chi connectivity index (χ1) is 8.86. The van der Waals surface area contributed by atoms with Crippen LogP contribution in [0.15, 0.2) is 12.3 Å². The Morgan fingerprint density at radius 2 is 2.05 bits per heavy atom. The maximum Gasteiger partial charge on any atom is 0.127 e. The molecule has 0 aliphatic heterocycles. The Labute approximate surface area is 117 Å². The van der Waals surface area contributed by atoms with Crippen LogP contribution < -0.4 is 10.1 Å². The summed E-state index contributed by atoms with van der Waals surface area (Å²) in [7, 11) is 4.14. The molecule has 0 unspecified atom stereocenters. The molecule has 0 bridgehead atoms. The third-order valence-electron chi connectivity index (χ3n) is 3.44. The van der Waals surface area contributed by atoms with E-state index < -0.39 is 0 Å². The molecule has 1 N–H and O–H groups in total. The third kappa shape index (κ3) is 4.80. The highest BCUT2D eigenvalue weighted by molar-refractivity contribution is 5.33. The first-order valence-corrected chi connectivity index (χ1v) is 6.83. The lowest BCUT2D eigenvalue weighted by atomic mass is 10.1. The number of pyridine rings is 1. The molecule has 0 aliphatic carbocycles. The minimum absolute atomic E-state index is 0.00658. The zero-order valence-corrected chi connectivity index (χ0v) is 13.1. The number of hydrogen-bond acceptors (Lipinski definition) is 4. The van der Waals surface area contributed by atoms with E-state index in [-0.39, 0.29) is 5.54 Å². The van der Waals surface area contributed by atoms with Gasteiger partial charge in [-0.2, -0.15) is 0 Å². The molecule has 108 valence electrons. The Morgan fingerprint density at radius 3 is 2.63 bits per heavy atom. The number of hydrogen-bond donors (Lipinski definition) is 1. The zero-order valence-electron chi connectivity index (χ0n) is 13.1. The normalized spacial score (nSPS) is 11.9. The predicted octanol–water partition coefficient (Wildman–Crippen LogP) is 2.22. The van der Waals surface area contributed by atoms with Gasteiger partial charge in [0.05, 0.1) is 0 Å². The number of nitrogens with one attached hydrogen (secondary N) is 1. The second-order valence-electron chi connectivity index (χ2n) is 5.71. The van der Waals surface area contributed by atoms with E-state index in [0.717, 1.165) is 30.1 Å². The van der Waals surface area contributed by atoms with Crippen molar-refractivity contribution in [3.05, 3.63) is 23.5 Å². The Hall–Kier alpha value is -1.13. The summed E-state index contributed by atoms with van der Waals surface area (Å²) in [6, 6.07) is 2.01. The van der Waals surface area contributed by atoms with Crippen LogP contribution in [0.5, 0.6) is 5.75 Å². The lowest BCUT2D eigenvalue weighted by Gasteiger charge is -2.32. The number of rotatable bonds is 7. The molecule has 0 aliphatic rings. The smallest absolute Gasteiger partial charge is 0.127 e. The van der Waals surface area contributed by atoms with Crippen molar-refractivity contribution in [3.63, 3.8) is 0 Å². The Kier molecular flexibility index (Phi) is 5.76. The monoisotopic (exact) mass is 265 g/mol. The lowest BCUT2D eigenvalue weighted by molar-refractivity contribution is 0.113. The second kappa shape index (κ2) is 6.87. The molecule has 19 heavy (non-hydrogen) atoms. The van der Waals surface area contributed by atoms with Crippen molar-refractivity contribution in [2.45, 2.75) is 39.8 Å². The van der Waals surface area contributed by atoms with Crippen molar-refractivity contribution < 1.29 is 4.74 Å². The molecule has 0 fully saturated rings. The molecule has 1 aromatic heterocycles. The van der Waals surface area contributed by atoms with Crippen molar-refractivity contribution in [1.29, 1.82) is 0 Å². The summed E-state index contributed by atoms with van der Waals surface area (Å²) in [5, 5.41) is 3.31. The molecule has 0 atom stereocenters. The average molecular weight is 265 g/mol. The molecule has 4 nitrogen and oxygen atoms in total. The van der Waals surface area contributed by atoms with Crippen LogP contribution in [-0.4, -0.2) is 42.7 Å². The molecule has 0 radical (unpaired) electrons. The third-order valence-corrected chi connectivity index (χ3v) is 3.44. The molecule has 0 saturated heterocycles. The topological polar surface area (TPSA) is 37.4 Å². The van der Waals surface area contributed by atoms with Gasteiger partial charge < -0.3 is 15.0 Å². The number of ether oxygens (including phenoxy) is 1. The Bertz CT molecular complexity index is 402. The summed E-state index contributed by atoms with van der Waals surface area (Å²) < 4.78 is 6.02. The van der Waals surface area contributed by atoms with Gasteiger partial charge in [0.15, 0.2) is 0 Å². The van der Waals surface area contributed by atoms with E-state index in [0.29, 0.717) is 6.61 Å². The highest BCUT2D eigenvalue weighted by Crippen LogP contribution is 2.21.